The smallest absolute Gasteiger partial charge is 0.257 e. The fourth-order valence-electron chi connectivity index (χ4n) is 4.30. The second-order valence-corrected chi connectivity index (χ2v) is 10.0. The second-order valence-electron chi connectivity index (χ2n) is 8.12. The van der Waals surface area contributed by atoms with Crippen LogP contribution in [0.5, 0.6) is 5.75 Å². The molecule has 1 aromatic heterocycles. The molecule has 0 aliphatic carbocycles. The van der Waals surface area contributed by atoms with Crippen molar-refractivity contribution < 1.29 is 17.9 Å². The topological polar surface area (TPSA) is 80.6 Å². The molecule has 0 saturated carbocycles. The molecule has 1 amide bonds. The van der Waals surface area contributed by atoms with E-state index in [1.165, 1.54) is 10.4 Å². The Bertz CT molecular complexity index is 1260. The first-order valence-electron chi connectivity index (χ1n) is 11.2. The minimum Gasteiger partial charge on any atom is -0.492 e. The van der Waals surface area contributed by atoms with E-state index in [9.17, 15) is 13.2 Å². The number of amides is 1. The third kappa shape index (κ3) is 4.54. The highest BCUT2D eigenvalue weighted by atomic mass is 32.2. The normalized spacial score (nSPS) is 14.4. The summed E-state index contributed by atoms with van der Waals surface area (Å²) in [7, 11) is -3.71. The molecule has 8 heteroatoms. The van der Waals surface area contributed by atoms with E-state index in [2.05, 4.69) is 5.32 Å². The van der Waals surface area contributed by atoms with Gasteiger partial charge in [0.15, 0.2) is 0 Å². The lowest BCUT2D eigenvalue weighted by Gasteiger charge is -2.19. The van der Waals surface area contributed by atoms with Crippen molar-refractivity contribution in [3.05, 3.63) is 71.5 Å². The summed E-state index contributed by atoms with van der Waals surface area (Å²) in [6.45, 7) is 7.00. The number of hydrogen-bond acceptors (Lipinski definition) is 4. The van der Waals surface area contributed by atoms with E-state index in [0.717, 1.165) is 29.9 Å². The zero-order chi connectivity index (χ0) is 23.6. The van der Waals surface area contributed by atoms with Crippen LogP contribution in [0.4, 0.5) is 5.69 Å². The number of aryl methyl sites for hydroxylation is 1. The Labute approximate surface area is 195 Å². The first kappa shape index (κ1) is 23.1. The van der Waals surface area contributed by atoms with Gasteiger partial charge in [0, 0.05) is 35.9 Å². The maximum atomic E-state index is 13.2. The summed E-state index contributed by atoms with van der Waals surface area (Å²) >= 11 is 0. The summed E-state index contributed by atoms with van der Waals surface area (Å²) in [6, 6.07) is 16.4. The van der Waals surface area contributed by atoms with Crippen LogP contribution in [0, 0.1) is 13.8 Å². The molecule has 3 aromatic rings. The molecule has 1 saturated heterocycles. The van der Waals surface area contributed by atoms with E-state index in [0.29, 0.717) is 36.7 Å². The molecular formula is C25H29N3O4S. The highest BCUT2D eigenvalue weighted by Crippen LogP contribution is 2.32. The molecule has 1 aliphatic heterocycles. The van der Waals surface area contributed by atoms with Gasteiger partial charge in [-0.1, -0.05) is 18.2 Å². The van der Waals surface area contributed by atoms with Crippen LogP contribution in [0.3, 0.4) is 0 Å². The largest absolute Gasteiger partial charge is 0.492 e. The number of rotatable bonds is 7. The van der Waals surface area contributed by atoms with Crippen LogP contribution < -0.4 is 10.1 Å². The van der Waals surface area contributed by atoms with Crippen molar-refractivity contribution in [3.8, 4) is 11.4 Å². The van der Waals surface area contributed by atoms with Crippen molar-refractivity contribution in [1.29, 1.82) is 0 Å². The predicted octanol–water partition coefficient (Wildman–Crippen LogP) is 4.53. The van der Waals surface area contributed by atoms with Gasteiger partial charge in [-0.15, -0.1) is 0 Å². The van der Waals surface area contributed by atoms with Gasteiger partial charge in [-0.05, 0) is 70.0 Å². The van der Waals surface area contributed by atoms with Crippen LogP contribution in [0.15, 0.2) is 59.5 Å². The molecule has 7 nitrogen and oxygen atoms in total. The van der Waals surface area contributed by atoms with Gasteiger partial charge in [0.1, 0.15) is 10.6 Å². The fraction of sp³-hybridized carbons (Fsp3) is 0.320. The molecule has 174 valence electrons. The molecule has 0 radical (unpaired) electrons. The average molecular weight is 468 g/mol. The van der Waals surface area contributed by atoms with Crippen molar-refractivity contribution in [3.63, 3.8) is 0 Å². The number of benzene rings is 2. The quantitative estimate of drug-likeness (QED) is 0.554. The van der Waals surface area contributed by atoms with E-state index in [1.54, 1.807) is 12.1 Å². The zero-order valence-corrected chi connectivity index (χ0v) is 20.0. The molecule has 33 heavy (non-hydrogen) atoms. The number of carbonyl (C=O) groups excluding carboxylic acids is 1. The Hall–Kier alpha value is -3.10. The molecule has 1 fully saturated rings. The number of nitrogens with one attached hydrogen (secondary N) is 1. The Kier molecular flexibility index (Phi) is 6.58. The number of carbonyl (C=O) groups is 1. The molecule has 1 aliphatic rings. The van der Waals surface area contributed by atoms with Crippen LogP contribution in [-0.4, -0.2) is 42.9 Å². The summed E-state index contributed by atoms with van der Waals surface area (Å²) in [6.07, 6.45) is 1.69. The van der Waals surface area contributed by atoms with Gasteiger partial charge in [0.25, 0.3) is 5.91 Å². The van der Waals surface area contributed by atoms with E-state index in [4.69, 9.17) is 4.74 Å². The number of anilines is 1. The van der Waals surface area contributed by atoms with Crippen LogP contribution in [0.2, 0.25) is 0 Å². The van der Waals surface area contributed by atoms with Crippen molar-refractivity contribution in [2.24, 2.45) is 0 Å². The predicted molar refractivity (Wildman–Crippen MR) is 129 cm³/mol. The van der Waals surface area contributed by atoms with Crippen LogP contribution in [0.1, 0.15) is 41.5 Å². The second kappa shape index (κ2) is 9.41. The highest BCUT2D eigenvalue weighted by Gasteiger charge is 2.30. The number of para-hydroxylation sites is 1. The minimum absolute atomic E-state index is 0.0822. The average Bonchev–Trinajstić information content (AvgIpc) is 3.44. The first-order valence-corrected chi connectivity index (χ1v) is 12.6. The number of nitrogens with zero attached hydrogens (tertiary/aromatic N) is 2. The standard InChI is InChI=1S/C25H29N3O4S/c1-4-32-23-13-12-20(17-24(23)33(30,31)27-14-8-9-15-27)26-25(29)22-16-18(2)28(19(22)3)21-10-6-5-7-11-21/h5-7,10-13,16-17H,4,8-9,14-15H2,1-3H3,(H,26,29). The van der Waals surface area contributed by atoms with Gasteiger partial charge in [-0.3, -0.25) is 4.79 Å². The monoisotopic (exact) mass is 467 g/mol. The Morgan fingerprint density at radius 3 is 2.39 bits per heavy atom. The number of sulfonamides is 1. The van der Waals surface area contributed by atoms with E-state index in [-0.39, 0.29) is 10.8 Å². The lowest BCUT2D eigenvalue weighted by atomic mass is 10.2. The summed E-state index contributed by atoms with van der Waals surface area (Å²) in [5.74, 6) is 0.00335. The van der Waals surface area contributed by atoms with Crippen LogP contribution >= 0.6 is 0 Å². The van der Waals surface area contributed by atoms with Gasteiger partial charge in [0.2, 0.25) is 10.0 Å². The van der Waals surface area contributed by atoms with Gasteiger partial charge < -0.3 is 14.6 Å². The molecule has 0 bridgehead atoms. The molecule has 2 heterocycles. The number of hydrogen-bond donors (Lipinski definition) is 1. The van der Waals surface area contributed by atoms with Crippen molar-refractivity contribution >= 4 is 21.6 Å². The van der Waals surface area contributed by atoms with E-state index in [1.807, 2.05) is 61.7 Å². The Morgan fingerprint density at radius 2 is 1.73 bits per heavy atom. The number of aromatic nitrogens is 1. The first-order chi connectivity index (χ1) is 15.8. The van der Waals surface area contributed by atoms with Gasteiger partial charge in [-0.2, -0.15) is 4.31 Å². The lowest BCUT2D eigenvalue weighted by molar-refractivity contribution is 0.102. The summed E-state index contributed by atoms with van der Waals surface area (Å²) in [5.41, 5.74) is 3.67. The van der Waals surface area contributed by atoms with Crippen molar-refractivity contribution in [2.75, 3.05) is 25.0 Å². The molecular weight excluding hydrogens is 438 g/mol. The van der Waals surface area contributed by atoms with Gasteiger partial charge in [0.05, 0.1) is 12.2 Å². The third-order valence-electron chi connectivity index (χ3n) is 5.87. The van der Waals surface area contributed by atoms with Crippen LogP contribution in [-0.2, 0) is 10.0 Å². The Morgan fingerprint density at radius 1 is 1.03 bits per heavy atom. The minimum atomic E-state index is -3.71. The van der Waals surface area contributed by atoms with Gasteiger partial charge >= 0.3 is 0 Å². The summed E-state index contributed by atoms with van der Waals surface area (Å²) < 4.78 is 35.5. The zero-order valence-electron chi connectivity index (χ0n) is 19.2. The highest BCUT2D eigenvalue weighted by molar-refractivity contribution is 7.89. The van der Waals surface area contributed by atoms with Crippen molar-refractivity contribution in [2.45, 2.75) is 38.5 Å². The van der Waals surface area contributed by atoms with Gasteiger partial charge in [-0.25, -0.2) is 8.42 Å². The maximum absolute atomic E-state index is 13.2. The Balaban J connectivity index is 1.65. The van der Waals surface area contributed by atoms with Crippen molar-refractivity contribution in [1.82, 2.24) is 8.87 Å². The number of ether oxygens (including phenoxy) is 1. The van der Waals surface area contributed by atoms with E-state index < -0.39 is 10.0 Å². The fourth-order valence-corrected chi connectivity index (χ4v) is 5.97. The molecule has 0 unspecified atom stereocenters. The molecule has 0 spiro atoms. The van der Waals surface area contributed by atoms with Crippen LogP contribution in [0.25, 0.3) is 5.69 Å². The third-order valence-corrected chi connectivity index (χ3v) is 7.79. The molecule has 1 N–H and O–H groups in total. The summed E-state index contributed by atoms with van der Waals surface area (Å²) in [5, 5.41) is 2.87. The SMILES string of the molecule is CCOc1ccc(NC(=O)c2cc(C)n(-c3ccccc3)c2C)cc1S(=O)(=O)N1CCCC1. The molecule has 2 aromatic carbocycles. The maximum Gasteiger partial charge on any atom is 0.257 e. The molecule has 4 rings (SSSR count). The summed E-state index contributed by atoms with van der Waals surface area (Å²) in [4.78, 5) is 13.2. The van der Waals surface area contributed by atoms with E-state index >= 15 is 0 Å². The molecule has 0 atom stereocenters. The lowest BCUT2D eigenvalue weighted by Crippen LogP contribution is -2.28.